The summed E-state index contributed by atoms with van der Waals surface area (Å²) in [6, 6.07) is 12.7. The van der Waals surface area contributed by atoms with Gasteiger partial charge in [0.1, 0.15) is 0 Å². The van der Waals surface area contributed by atoms with E-state index in [0.717, 1.165) is 0 Å². The quantitative estimate of drug-likeness (QED) is 0.908. The molecule has 104 valence electrons. The van der Waals surface area contributed by atoms with Gasteiger partial charge < -0.3 is 10.4 Å². The maximum atomic E-state index is 12.0. The van der Waals surface area contributed by atoms with Crippen molar-refractivity contribution in [3.63, 3.8) is 0 Å². The molecule has 0 aliphatic carbocycles. The molecule has 6 heteroatoms. The number of carboxylic acid groups (broad SMARTS) is 1. The summed E-state index contributed by atoms with van der Waals surface area (Å²) in [6.07, 6.45) is 0. The van der Waals surface area contributed by atoms with Gasteiger partial charge in [0.05, 0.1) is 16.1 Å². The SMILES string of the molecule is Cl.O=C(O)c1cccc(NC(=O)c2ccccc2Cl)c1. The summed E-state index contributed by atoms with van der Waals surface area (Å²) >= 11 is 5.91. The summed E-state index contributed by atoms with van der Waals surface area (Å²) < 4.78 is 0. The molecule has 2 rings (SSSR count). The number of anilines is 1. The number of benzene rings is 2. The minimum atomic E-state index is -1.05. The van der Waals surface area contributed by atoms with Gasteiger partial charge in [-0.05, 0) is 30.3 Å². The molecule has 0 fully saturated rings. The Bertz CT molecular complexity index is 644. The second-order valence-electron chi connectivity index (χ2n) is 3.82. The van der Waals surface area contributed by atoms with Gasteiger partial charge in [-0.15, -0.1) is 12.4 Å². The molecule has 1 amide bonds. The van der Waals surface area contributed by atoms with E-state index < -0.39 is 5.97 Å². The number of carbonyl (C=O) groups is 2. The van der Waals surface area contributed by atoms with E-state index in [2.05, 4.69) is 5.32 Å². The third-order valence-corrected chi connectivity index (χ3v) is 2.82. The average Bonchev–Trinajstić information content (AvgIpc) is 2.39. The first kappa shape index (κ1) is 16.0. The smallest absolute Gasteiger partial charge is 0.335 e. The molecule has 0 bridgehead atoms. The lowest BCUT2D eigenvalue weighted by Gasteiger charge is -2.07. The number of aromatic carboxylic acids is 1. The lowest BCUT2D eigenvalue weighted by atomic mass is 10.1. The first-order valence-corrected chi connectivity index (χ1v) is 5.85. The molecule has 2 aromatic rings. The highest BCUT2D eigenvalue weighted by Gasteiger charge is 2.10. The van der Waals surface area contributed by atoms with Gasteiger partial charge in [-0.2, -0.15) is 0 Å². The fraction of sp³-hybridized carbons (Fsp3) is 0. The molecule has 0 saturated carbocycles. The van der Waals surface area contributed by atoms with E-state index in [1.807, 2.05) is 0 Å². The fourth-order valence-corrected chi connectivity index (χ4v) is 1.80. The van der Waals surface area contributed by atoms with Gasteiger partial charge in [-0.3, -0.25) is 4.79 Å². The Morgan fingerprint density at radius 1 is 1.05 bits per heavy atom. The zero-order valence-corrected chi connectivity index (χ0v) is 11.7. The van der Waals surface area contributed by atoms with Crippen LogP contribution in [-0.4, -0.2) is 17.0 Å². The molecule has 20 heavy (non-hydrogen) atoms. The maximum absolute atomic E-state index is 12.0. The Balaban J connectivity index is 0.00000200. The van der Waals surface area contributed by atoms with Gasteiger partial charge in [-0.25, -0.2) is 4.79 Å². The van der Waals surface area contributed by atoms with E-state index in [-0.39, 0.29) is 23.9 Å². The van der Waals surface area contributed by atoms with Crippen LogP contribution in [0.15, 0.2) is 48.5 Å². The van der Waals surface area contributed by atoms with Gasteiger partial charge in [-0.1, -0.05) is 29.8 Å². The van der Waals surface area contributed by atoms with Crippen LogP contribution in [0.1, 0.15) is 20.7 Å². The molecule has 0 unspecified atom stereocenters. The highest BCUT2D eigenvalue weighted by atomic mass is 35.5. The number of rotatable bonds is 3. The molecular formula is C14H11Cl2NO3. The van der Waals surface area contributed by atoms with Crippen molar-refractivity contribution in [3.8, 4) is 0 Å². The Hall–Kier alpha value is -2.04. The summed E-state index contributed by atoms with van der Waals surface area (Å²) in [7, 11) is 0. The van der Waals surface area contributed by atoms with Gasteiger partial charge in [0.15, 0.2) is 0 Å². The van der Waals surface area contributed by atoms with Crippen LogP contribution in [0.25, 0.3) is 0 Å². The molecule has 0 saturated heterocycles. The fourth-order valence-electron chi connectivity index (χ4n) is 1.57. The molecule has 0 radical (unpaired) electrons. The van der Waals surface area contributed by atoms with Crippen molar-refractivity contribution in [3.05, 3.63) is 64.7 Å². The molecular weight excluding hydrogens is 301 g/mol. The van der Waals surface area contributed by atoms with E-state index in [1.165, 1.54) is 12.1 Å². The number of carbonyl (C=O) groups excluding carboxylic acids is 1. The van der Waals surface area contributed by atoms with Crippen molar-refractivity contribution in [1.29, 1.82) is 0 Å². The normalized spacial score (nSPS) is 9.45. The zero-order valence-electron chi connectivity index (χ0n) is 10.2. The van der Waals surface area contributed by atoms with E-state index >= 15 is 0 Å². The van der Waals surface area contributed by atoms with Crippen LogP contribution in [0.3, 0.4) is 0 Å². The van der Waals surface area contributed by atoms with Gasteiger partial charge in [0.2, 0.25) is 0 Å². The Labute approximate surface area is 126 Å². The number of hydrogen-bond acceptors (Lipinski definition) is 2. The zero-order chi connectivity index (χ0) is 13.8. The summed E-state index contributed by atoms with van der Waals surface area (Å²) in [4.78, 5) is 22.8. The monoisotopic (exact) mass is 311 g/mol. The second kappa shape index (κ2) is 6.93. The van der Waals surface area contributed by atoms with Crippen molar-refractivity contribution in [2.24, 2.45) is 0 Å². The molecule has 0 heterocycles. The van der Waals surface area contributed by atoms with Gasteiger partial charge in [0.25, 0.3) is 5.91 Å². The molecule has 0 aliphatic rings. The number of amides is 1. The summed E-state index contributed by atoms with van der Waals surface area (Å²) in [5.74, 6) is -1.43. The summed E-state index contributed by atoms with van der Waals surface area (Å²) in [5.41, 5.74) is 0.853. The Kier molecular flexibility index (Phi) is 5.55. The van der Waals surface area contributed by atoms with E-state index in [4.69, 9.17) is 16.7 Å². The van der Waals surface area contributed by atoms with E-state index in [1.54, 1.807) is 36.4 Å². The van der Waals surface area contributed by atoms with Gasteiger partial charge in [0, 0.05) is 5.69 Å². The van der Waals surface area contributed by atoms with Crippen LogP contribution < -0.4 is 5.32 Å². The molecule has 0 aromatic heterocycles. The van der Waals surface area contributed by atoms with Crippen LogP contribution in [0, 0.1) is 0 Å². The Morgan fingerprint density at radius 3 is 2.40 bits per heavy atom. The van der Waals surface area contributed by atoms with Crippen LogP contribution in [0.5, 0.6) is 0 Å². The topological polar surface area (TPSA) is 66.4 Å². The highest BCUT2D eigenvalue weighted by molar-refractivity contribution is 6.34. The second-order valence-corrected chi connectivity index (χ2v) is 4.23. The van der Waals surface area contributed by atoms with Crippen molar-refractivity contribution in [2.75, 3.05) is 5.32 Å². The predicted molar refractivity (Wildman–Crippen MR) is 80.1 cm³/mol. The van der Waals surface area contributed by atoms with Crippen LogP contribution in [-0.2, 0) is 0 Å². The van der Waals surface area contributed by atoms with Crippen molar-refractivity contribution in [2.45, 2.75) is 0 Å². The molecule has 2 aromatic carbocycles. The van der Waals surface area contributed by atoms with Crippen molar-refractivity contribution >= 4 is 41.6 Å². The average molecular weight is 312 g/mol. The standard InChI is InChI=1S/C14H10ClNO3.ClH/c15-12-7-2-1-6-11(12)13(17)16-10-5-3-4-9(8-10)14(18)19;/h1-8H,(H,16,17)(H,18,19);1H. The van der Waals surface area contributed by atoms with E-state index in [9.17, 15) is 9.59 Å². The summed E-state index contributed by atoms with van der Waals surface area (Å²) in [6.45, 7) is 0. The Morgan fingerprint density at radius 2 is 1.75 bits per heavy atom. The molecule has 0 aliphatic heterocycles. The van der Waals surface area contributed by atoms with Crippen LogP contribution >= 0.6 is 24.0 Å². The largest absolute Gasteiger partial charge is 0.478 e. The lowest BCUT2D eigenvalue weighted by molar-refractivity contribution is 0.0696. The molecule has 0 atom stereocenters. The number of nitrogens with one attached hydrogen (secondary N) is 1. The molecule has 2 N–H and O–H groups in total. The van der Waals surface area contributed by atoms with Crippen LogP contribution in [0.2, 0.25) is 5.02 Å². The summed E-state index contributed by atoms with van der Waals surface area (Å²) in [5, 5.41) is 11.8. The molecule has 0 spiro atoms. The lowest BCUT2D eigenvalue weighted by Crippen LogP contribution is -2.12. The third kappa shape index (κ3) is 3.73. The van der Waals surface area contributed by atoms with Crippen molar-refractivity contribution < 1.29 is 14.7 Å². The number of carboxylic acids is 1. The number of hydrogen-bond donors (Lipinski definition) is 2. The predicted octanol–water partition coefficient (Wildman–Crippen LogP) is 3.71. The van der Waals surface area contributed by atoms with Crippen molar-refractivity contribution in [1.82, 2.24) is 0 Å². The minimum Gasteiger partial charge on any atom is -0.478 e. The minimum absolute atomic E-state index is 0. The maximum Gasteiger partial charge on any atom is 0.335 e. The first-order valence-electron chi connectivity index (χ1n) is 5.47. The van der Waals surface area contributed by atoms with E-state index in [0.29, 0.717) is 16.3 Å². The molecule has 4 nitrogen and oxygen atoms in total. The highest BCUT2D eigenvalue weighted by Crippen LogP contribution is 2.17. The van der Waals surface area contributed by atoms with Gasteiger partial charge >= 0.3 is 5.97 Å². The number of halogens is 2. The van der Waals surface area contributed by atoms with Crippen LogP contribution in [0.4, 0.5) is 5.69 Å². The first-order chi connectivity index (χ1) is 9.08. The third-order valence-electron chi connectivity index (χ3n) is 2.49.